The summed E-state index contributed by atoms with van der Waals surface area (Å²) < 4.78 is 0. The number of hydrogen-bond acceptors (Lipinski definition) is 2. The topological polar surface area (TPSA) is 49.4 Å². The number of benzene rings is 2. The van der Waals surface area contributed by atoms with E-state index in [-0.39, 0.29) is 24.2 Å². The second kappa shape index (κ2) is 8.11. The first-order valence-corrected chi connectivity index (χ1v) is 9.27. The summed E-state index contributed by atoms with van der Waals surface area (Å²) in [6, 6.07) is 12.9. The van der Waals surface area contributed by atoms with E-state index in [0.29, 0.717) is 23.1 Å². The fraction of sp³-hybridized carbons (Fsp3) is 0.300. The lowest BCUT2D eigenvalue weighted by Crippen LogP contribution is -2.30. The molecular weight excluding hydrogens is 371 g/mol. The zero-order chi connectivity index (χ0) is 18.7. The number of rotatable bonds is 5. The molecule has 2 aromatic rings. The first-order valence-electron chi connectivity index (χ1n) is 8.51. The third-order valence-electron chi connectivity index (χ3n) is 4.62. The van der Waals surface area contributed by atoms with Crippen LogP contribution in [-0.2, 0) is 16.0 Å². The lowest BCUT2D eigenvalue weighted by molar-refractivity contribution is -0.128. The molecule has 136 valence electrons. The summed E-state index contributed by atoms with van der Waals surface area (Å²) in [7, 11) is 0. The number of hydrogen-bond donors (Lipinski definition) is 1. The molecule has 1 N–H and O–H groups in total. The van der Waals surface area contributed by atoms with E-state index in [1.807, 2.05) is 31.2 Å². The molecule has 2 amide bonds. The van der Waals surface area contributed by atoms with Crippen molar-refractivity contribution >= 4 is 40.7 Å². The maximum Gasteiger partial charge on any atom is 0.229 e. The summed E-state index contributed by atoms with van der Waals surface area (Å²) in [5, 5.41) is 4.23. The van der Waals surface area contributed by atoms with Crippen molar-refractivity contribution in [3.63, 3.8) is 0 Å². The van der Waals surface area contributed by atoms with Crippen LogP contribution in [0.2, 0.25) is 10.0 Å². The monoisotopic (exact) mass is 390 g/mol. The number of anilines is 1. The molecule has 1 fully saturated rings. The smallest absolute Gasteiger partial charge is 0.229 e. The maximum absolute atomic E-state index is 12.5. The van der Waals surface area contributed by atoms with Crippen LogP contribution in [0.25, 0.3) is 0 Å². The van der Waals surface area contributed by atoms with Gasteiger partial charge in [0.05, 0.1) is 5.92 Å². The maximum atomic E-state index is 12.5. The molecule has 1 atom stereocenters. The summed E-state index contributed by atoms with van der Waals surface area (Å²) >= 11 is 11.8. The molecule has 3 rings (SSSR count). The molecule has 1 aliphatic rings. The molecule has 0 saturated carbocycles. The Morgan fingerprint density at radius 2 is 1.85 bits per heavy atom. The van der Waals surface area contributed by atoms with E-state index in [9.17, 15) is 9.59 Å². The van der Waals surface area contributed by atoms with Crippen molar-refractivity contribution < 1.29 is 9.59 Å². The Kier molecular flexibility index (Phi) is 5.84. The highest BCUT2D eigenvalue weighted by molar-refractivity contribution is 6.31. The van der Waals surface area contributed by atoms with Crippen LogP contribution in [0.3, 0.4) is 0 Å². The van der Waals surface area contributed by atoms with Gasteiger partial charge in [-0.05, 0) is 54.8 Å². The number of nitrogens with one attached hydrogen (secondary N) is 1. The number of amides is 2. The van der Waals surface area contributed by atoms with Crippen LogP contribution >= 0.6 is 23.2 Å². The van der Waals surface area contributed by atoms with Gasteiger partial charge in [0.1, 0.15) is 0 Å². The molecule has 4 nitrogen and oxygen atoms in total. The van der Waals surface area contributed by atoms with Crippen LogP contribution < -0.4 is 5.32 Å². The van der Waals surface area contributed by atoms with Crippen molar-refractivity contribution in [3.8, 4) is 0 Å². The molecule has 6 heteroatoms. The summed E-state index contributed by atoms with van der Waals surface area (Å²) in [6.45, 7) is 2.94. The van der Waals surface area contributed by atoms with Crippen LogP contribution in [0.1, 0.15) is 17.5 Å². The second-order valence-electron chi connectivity index (χ2n) is 6.57. The lowest BCUT2D eigenvalue weighted by Gasteiger charge is -2.17. The Labute approximate surface area is 163 Å². The average molecular weight is 391 g/mol. The van der Waals surface area contributed by atoms with Gasteiger partial charge in [-0.3, -0.25) is 9.59 Å². The average Bonchev–Trinajstić information content (AvgIpc) is 2.98. The zero-order valence-electron chi connectivity index (χ0n) is 14.5. The summed E-state index contributed by atoms with van der Waals surface area (Å²) in [4.78, 5) is 26.5. The highest BCUT2D eigenvalue weighted by Gasteiger charge is 2.34. The SMILES string of the molecule is Cc1cc(Cl)ccc1NC(=O)C1CC(=O)N(CCc2ccc(Cl)cc2)C1. The molecule has 2 aromatic carbocycles. The summed E-state index contributed by atoms with van der Waals surface area (Å²) in [6.07, 6.45) is 0.993. The third kappa shape index (κ3) is 4.57. The van der Waals surface area contributed by atoms with Crippen LogP contribution in [-0.4, -0.2) is 29.8 Å². The minimum absolute atomic E-state index is 0.0203. The molecule has 1 unspecified atom stereocenters. The molecule has 0 radical (unpaired) electrons. The fourth-order valence-electron chi connectivity index (χ4n) is 3.08. The van der Waals surface area contributed by atoms with Crippen LogP contribution in [0.15, 0.2) is 42.5 Å². The van der Waals surface area contributed by atoms with Gasteiger partial charge in [-0.1, -0.05) is 35.3 Å². The normalized spacial score (nSPS) is 16.8. The van der Waals surface area contributed by atoms with Gasteiger partial charge in [0.15, 0.2) is 0 Å². The quantitative estimate of drug-likeness (QED) is 0.825. The van der Waals surface area contributed by atoms with E-state index >= 15 is 0 Å². The summed E-state index contributed by atoms with van der Waals surface area (Å²) in [5.41, 5.74) is 2.74. The number of halogens is 2. The predicted octanol–water partition coefficient (Wildman–Crippen LogP) is 4.33. The Bertz CT molecular complexity index is 821. The third-order valence-corrected chi connectivity index (χ3v) is 5.10. The van der Waals surface area contributed by atoms with Crippen molar-refractivity contribution in [2.75, 3.05) is 18.4 Å². The number of carbonyl (C=O) groups is 2. The van der Waals surface area contributed by atoms with E-state index in [0.717, 1.165) is 23.2 Å². The van der Waals surface area contributed by atoms with Gasteiger partial charge in [0.25, 0.3) is 0 Å². The molecule has 0 spiro atoms. The van der Waals surface area contributed by atoms with Crippen LogP contribution in [0.4, 0.5) is 5.69 Å². The zero-order valence-corrected chi connectivity index (χ0v) is 16.0. The van der Waals surface area contributed by atoms with Crippen LogP contribution in [0, 0.1) is 12.8 Å². The predicted molar refractivity (Wildman–Crippen MR) is 105 cm³/mol. The van der Waals surface area contributed by atoms with E-state index in [1.54, 1.807) is 23.1 Å². The number of carbonyl (C=O) groups excluding carboxylic acids is 2. The van der Waals surface area contributed by atoms with Crippen molar-refractivity contribution in [2.24, 2.45) is 5.92 Å². The molecule has 1 heterocycles. The van der Waals surface area contributed by atoms with Crippen molar-refractivity contribution in [1.82, 2.24) is 4.90 Å². The van der Waals surface area contributed by atoms with Gasteiger partial charge in [-0.15, -0.1) is 0 Å². The van der Waals surface area contributed by atoms with Crippen LogP contribution in [0.5, 0.6) is 0 Å². The van der Waals surface area contributed by atoms with E-state index < -0.39 is 0 Å². The van der Waals surface area contributed by atoms with Crippen molar-refractivity contribution in [2.45, 2.75) is 19.8 Å². The van der Waals surface area contributed by atoms with E-state index in [4.69, 9.17) is 23.2 Å². The first kappa shape index (κ1) is 18.7. The van der Waals surface area contributed by atoms with Gasteiger partial charge in [0.2, 0.25) is 11.8 Å². The Balaban J connectivity index is 1.56. The van der Waals surface area contributed by atoms with Gasteiger partial charge in [-0.25, -0.2) is 0 Å². The van der Waals surface area contributed by atoms with Gasteiger partial charge in [0, 0.05) is 35.2 Å². The molecule has 26 heavy (non-hydrogen) atoms. The highest BCUT2D eigenvalue weighted by atomic mass is 35.5. The van der Waals surface area contributed by atoms with Gasteiger partial charge >= 0.3 is 0 Å². The molecule has 0 aromatic heterocycles. The van der Waals surface area contributed by atoms with Gasteiger partial charge < -0.3 is 10.2 Å². The number of likely N-dealkylation sites (tertiary alicyclic amines) is 1. The Hall–Kier alpha value is -2.04. The Morgan fingerprint density at radius 3 is 2.54 bits per heavy atom. The fourth-order valence-corrected chi connectivity index (χ4v) is 3.43. The summed E-state index contributed by atoms with van der Waals surface area (Å²) in [5.74, 6) is -0.437. The minimum atomic E-state index is -0.331. The lowest BCUT2D eigenvalue weighted by atomic mass is 10.1. The first-order chi connectivity index (χ1) is 12.4. The Morgan fingerprint density at radius 1 is 1.15 bits per heavy atom. The van der Waals surface area contributed by atoms with E-state index in [1.165, 1.54) is 0 Å². The van der Waals surface area contributed by atoms with Crippen molar-refractivity contribution in [1.29, 1.82) is 0 Å². The van der Waals surface area contributed by atoms with Crippen molar-refractivity contribution in [3.05, 3.63) is 63.6 Å². The number of aryl methyl sites for hydroxylation is 1. The molecule has 0 bridgehead atoms. The van der Waals surface area contributed by atoms with E-state index in [2.05, 4.69) is 5.32 Å². The minimum Gasteiger partial charge on any atom is -0.342 e. The standard InChI is InChI=1S/C20H20Cl2N2O2/c1-13-10-17(22)6-7-18(13)23-20(26)15-11-19(25)24(12-15)9-8-14-2-4-16(21)5-3-14/h2-7,10,15H,8-9,11-12H2,1H3,(H,23,26). The largest absolute Gasteiger partial charge is 0.342 e. The number of nitrogens with zero attached hydrogens (tertiary/aromatic N) is 1. The molecule has 0 aliphatic carbocycles. The molecule has 1 aliphatic heterocycles. The molecular formula is C20H20Cl2N2O2. The highest BCUT2D eigenvalue weighted by Crippen LogP contribution is 2.23. The second-order valence-corrected chi connectivity index (χ2v) is 7.44. The van der Waals surface area contributed by atoms with Gasteiger partial charge in [-0.2, -0.15) is 0 Å². The molecule has 1 saturated heterocycles.